The van der Waals surface area contributed by atoms with E-state index in [9.17, 15) is 0 Å². The summed E-state index contributed by atoms with van der Waals surface area (Å²) in [6, 6.07) is 0.709. The molecule has 0 aromatic heterocycles. The second-order valence-corrected chi connectivity index (χ2v) is 6.01. The minimum absolute atomic E-state index is 0.605. The van der Waals surface area contributed by atoms with Crippen molar-refractivity contribution in [1.29, 1.82) is 0 Å². The Balaban J connectivity index is 2.83. The molecule has 0 N–H and O–H groups in total. The Labute approximate surface area is 97.0 Å². The number of hydrogen-bond donors (Lipinski definition) is 0. The molecule has 1 heterocycles. The van der Waals surface area contributed by atoms with Crippen LogP contribution in [0.4, 0.5) is 0 Å². The molecule has 0 saturated carbocycles. The van der Waals surface area contributed by atoms with Gasteiger partial charge in [-0.1, -0.05) is 13.2 Å². The van der Waals surface area contributed by atoms with Crippen LogP contribution in [-0.2, 0) is 22.8 Å². The molecule has 5 nitrogen and oxygen atoms in total. The Bertz CT molecular complexity index is 236. The average Bonchev–Trinajstić information content (AvgIpc) is 2.30. The van der Waals surface area contributed by atoms with Gasteiger partial charge in [-0.2, -0.15) is 0 Å². The van der Waals surface area contributed by atoms with E-state index in [1.165, 1.54) is 19.6 Å². The first-order valence-corrected chi connectivity index (χ1v) is 6.97. The van der Waals surface area contributed by atoms with Gasteiger partial charge in [-0.3, -0.25) is 0 Å². The number of methoxy groups -OCH3 is 1. The first-order chi connectivity index (χ1) is 7.66. The topological polar surface area (TPSA) is 46.2 Å². The molecule has 1 fully saturated rings. The lowest BCUT2D eigenvalue weighted by atomic mass is 10.3. The van der Waals surface area contributed by atoms with Gasteiger partial charge in [0.1, 0.15) is 0 Å². The first kappa shape index (κ1) is 13.2. The zero-order chi connectivity index (χ0) is 12.1. The van der Waals surface area contributed by atoms with Crippen LogP contribution in [0.15, 0.2) is 25.7 Å². The molecule has 0 amide bonds. The highest BCUT2D eigenvalue weighted by Crippen LogP contribution is 2.36. The van der Waals surface area contributed by atoms with Crippen molar-refractivity contribution in [1.82, 2.24) is 0 Å². The van der Waals surface area contributed by atoms with Crippen molar-refractivity contribution in [2.45, 2.75) is 24.9 Å². The summed E-state index contributed by atoms with van der Waals surface area (Å²) in [7, 11) is 0.296. The van der Waals surface area contributed by atoms with Gasteiger partial charge >= 0.3 is 14.8 Å². The summed E-state index contributed by atoms with van der Waals surface area (Å²) in [4.78, 5) is 0. The fourth-order valence-corrected chi connectivity index (χ4v) is 3.89. The largest absolute Gasteiger partial charge is 0.570 e. The van der Waals surface area contributed by atoms with Crippen molar-refractivity contribution in [3.63, 3.8) is 0 Å². The molecule has 1 rings (SSSR count). The normalized spacial score (nSPS) is 34.1. The maximum Gasteiger partial charge on any atom is 0.570 e. The second-order valence-electron chi connectivity index (χ2n) is 3.30. The highest BCUT2D eigenvalue weighted by molar-refractivity contribution is 6.61. The molecule has 2 atom stereocenters. The van der Waals surface area contributed by atoms with Crippen LogP contribution in [0, 0.1) is 0 Å². The van der Waals surface area contributed by atoms with Gasteiger partial charge in [0, 0.05) is 26.7 Å². The molecule has 1 aliphatic heterocycles. The molecule has 0 aliphatic carbocycles. The predicted molar refractivity (Wildman–Crippen MR) is 60.2 cm³/mol. The Morgan fingerprint density at radius 1 is 1.31 bits per heavy atom. The van der Waals surface area contributed by atoms with E-state index >= 15 is 0 Å². The standard InChI is InChI=1S/C10H18O5Si/c1-5-13-10(11-3)8-7-9-16(12-4,15-10)14-6-2/h5-6H,1-2,7-9H2,3-4H3. The van der Waals surface area contributed by atoms with E-state index < -0.39 is 14.8 Å². The van der Waals surface area contributed by atoms with Gasteiger partial charge in [0.15, 0.2) is 0 Å². The van der Waals surface area contributed by atoms with Gasteiger partial charge in [0.05, 0.1) is 12.5 Å². The molecule has 2 unspecified atom stereocenters. The van der Waals surface area contributed by atoms with Gasteiger partial charge in [-0.25, -0.2) is 0 Å². The highest BCUT2D eigenvalue weighted by atomic mass is 28.4. The minimum Gasteiger partial charge on any atom is -0.508 e. The summed E-state index contributed by atoms with van der Waals surface area (Å²) >= 11 is 0. The number of ether oxygens (including phenoxy) is 2. The second kappa shape index (κ2) is 5.49. The summed E-state index contributed by atoms with van der Waals surface area (Å²) in [5, 5.41) is 0. The summed E-state index contributed by atoms with van der Waals surface area (Å²) in [5.74, 6) is -1.15. The van der Waals surface area contributed by atoms with Crippen molar-refractivity contribution < 1.29 is 22.8 Å². The van der Waals surface area contributed by atoms with Gasteiger partial charge in [-0.05, 0) is 6.42 Å². The number of hydrogen-bond acceptors (Lipinski definition) is 5. The van der Waals surface area contributed by atoms with Crippen LogP contribution < -0.4 is 0 Å². The number of rotatable bonds is 6. The van der Waals surface area contributed by atoms with Crippen LogP contribution in [0.1, 0.15) is 12.8 Å². The molecule has 0 aromatic carbocycles. The van der Waals surface area contributed by atoms with Crippen LogP contribution in [0.25, 0.3) is 0 Å². The molecule has 0 bridgehead atoms. The molecule has 1 saturated heterocycles. The monoisotopic (exact) mass is 246 g/mol. The molecule has 1 aliphatic rings. The van der Waals surface area contributed by atoms with Gasteiger partial charge in [0.2, 0.25) is 0 Å². The lowest BCUT2D eigenvalue weighted by Gasteiger charge is -2.41. The fraction of sp³-hybridized carbons (Fsp3) is 0.600. The lowest BCUT2D eigenvalue weighted by Crippen LogP contribution is -2.56. The summed E-state index contributed by atoms with van der Waals surface area (Å²) in [5.41, 5.74) is 0. The van der Waals surface area contributed by atoms with E-state index in [2.05, 4.69) is 13.2 Å². The molecular formula is C10H18O5Si. The van der Waals surface area contributed by atoms with Crippen molar-refractivity contribution >= 4 is 8.80 Å². The van der Waals surface area contributed by atoms with E-state index in [1.54, 1.807) is 7.11 Å². The van der Waals surface area contributed by atoms with Crippen LogP contribution in [0.2, 0.25) is 6.04 Å². The quantitative estimate of drug-likeness (QED) is 0.407. The van der Waals surface area contributed by atoms with Crippen LogP contribution in [-0.4, -0.2) is 29.0 Å². The van der Waals surface area contributed by atoms with Gasteiger partial charge < -0.3 is 22.8 Å². The van der Waals surface area contributed by atoms with Crippen molar-refractivity contribution in [2.24, 2.45) is 0 Å². The molecule has 0 radical (unpaired) electrons. The van der Waals surface area contributed by atoms with E-state index in [1.807, 2.05) is 0 Å². The Hall–Kier alpha value is -0.823. The van der Waals surface area contributed by atoms with E-state index in [0.717, 1.165) is 6.42 Å². The zero-order valence-electron chi connectivity index (χ0n) is 9.73. The Morgan fingerprint density at radius 3 is 2.56 bits per heavy atom. The Kier molecular flexibility index (Phi) is 4.54. The van der Waals surface area contributed by atoms with Crippen molar-refractivity contribution in [2.75, 3.05) is 14.2 Å². The molecule has 92 valence electrons. The van der Waals surface area contributed by atoms with Crippen LogP contribution in [0.3, 0.4) is 0 Å². The maximum atomic E-state index is 5.75. The third kappa shape index (κ3) is 2.65. The maximum absolute atomic E-state index is 5.75. The molecule has 16 heavy (non-hydrogen) atoms. The van der Waals surface area contributed by atoms with E-state index in [0.29, 0.717) is 12.5 Å². The lowest BCUT2D eigenvalue weighted by molar-refractivity contribution is -0.335. The summed E-state index contributed by atoms with van der Waals surface area (Å²) in [6.07, 6.45) is 4.05. The molecule has 6 heteroatoms. The van der Waals surface area contributed by atoms with E-state index in [-0.39, 0.29) is 0 Å². The van der Waals surface area contributed by atoms with Gasteiger partial charge in [-0.15, -0.1) is 0 Å². The first-order valence-electron chi connectivity index (χ1n) is 5.04. The van der Waals surface area contributed by atoms with Gasteiger partial charge in [0.25, 0.3) is 0 Å². The smallest absolute Gasteiger partial charge is 0.508 e. The fourth-order valence-electron chi connectivity index (χ4n) is 1.66. The highest BCUT2D eigenvalue weighted by Gasteiger charge is 2.54. The predicted octanol–water partition coefficient (Wildman–Crippen LogP) is 2.00. The van der Waals surface area contributed by atoms with E-state index in [4.69, 9.17) is 22.8 Å². The van der Waals surface area contributed by atoms with Crippen molar-refractivity contribution in [3.05, 3.63) is 25.7 Å². The SMILES string of the molecule is C=COC1(OC)CCC[Si](OC)(OC=C)O1. The van der Waals surface area contributed by atoms with Crippen LogP contribution in [0.5, 0.6) is 0 Å². The summed E-state index contributed by atoms with van der Waals surface area (Å²) < 4.78 is 27.0. The molecular weight excluding hydrogens is 228 g/mol. The van der Waals surface area contributed by atoms with Crippen molar-refractivity contribution in [3.8, 4) is 0 Å². The summed E-state index contributed by atoms with van der Waals surface area (Å²) in [6.45, 7) is 7.02. The molecule has 0 spiro atoms. The zero-order valence-corrected chi connectivity index (χ0v) is 10.7. The minimum atomic E-state index is -2.77. The average molecular weight is 246 g/mol. The Morgan fingerprint density at radius 2 is 2.06 bits per heavy atom. The third-order valence-corrected chi connectivity index (χ3v) is 5.16. The van der Waals surface area contributed by atoms with Crippen LogP contribution >= 0.6 is 0 Å². The molecule has 0 aromatic rings. The third-order valence-electron chi connectivity index (χ3n) is 2.42.